The molecule has 0 unspecified atom stereocenters. The third kappa shape index (κ3) is 4.98. The van der Waals surface area contributed by atoms with E-state index in [0.717, 1.165) is 25.1 Å². The normalized spacial score (nSPS) is 10.7. The molecular formula is C17H19ClFNO2. The van der Waals surface area contributed by atoms with Crippen molar-refractivity contribution in [3.05, 3.63) is 64.4 Å². The Balaban J connectivity index is 1.86. The lowest BCUT2D eigenvalue weighted by molar-refractivity contribution is 0.286. The molecule has 0 aromatic heterocycles. The Morgan fingerprint density at radius 2 is 1.91 bits per heavy atom. The number of aliphatic hydroxyl groups excluding tert-OH is 1. The molecule has 0 aliphatic carbocycles. The molecule has 5 heteroatoms. The van der Waals surface area contributed by atoms with Crippen LogP contribution in [0.2, 0.25) is 5.02 Å². The van der Waals surface area contributed by atoms with Crippen molar-refractivity contribution in [2.45, 2.75) is 19.6 Å². The smallest absolute Gasteiger partial charge is 0.131 e. The fourth-order valence-electron chi connectivity index (χ4n) is 1.97. The van der Waals surface area contributed by atoms with Crippen LogP contribution < -0.4 is 10.1 Å². The minimum Gasteiger partial charge on any atom is -0.489 e. The van der Waals surface area contributed by atoms with E-state index in [4.69, 9.17) is 21.4 Å². The van der Waals surface area contributed by atoms with E-state index in [1.807, 2.05) is 24.3 Å². The number of aliphatic hydroxyl groups is 1. The molecule has 0 heterocycles. The lowest BCUT2D eigenvalue weighted by Gasteiger charge is -2.10. The zero-order valence-electron chi connectivity index (χ0n) is 12.2. The van der Waals surface area contributed by atoms with Crippen LogP contribution in [-0.4, -0.2) is 18.3 Å². The summed E-state index contributed by atoms with van der Waals surface area (Å²) in [6.45, 7) is 1.80. The highest BCUT2D eigenvalue weighted by molar-refractivity contribution is 6.31. The molecule has 0 radical (unpaired) electrons. The summed E-state index contributed by atoms with van der Waals surface area (Å²) in [7, 11) is 0. The van der Waals surface area contributed by atoms with Gasteiger partial charge in [0.1, 0.15) is 18.2 Å². The Kier molecular flexibility index (Phi) is 6.65. The highest BCUT2D eigenvalue weighted by Gasteiger charge is 2.07. The van der Waals surface area contributed by atoms with Crippen LogP contribution >= 0.6 is 11.6 Å². The van der Waals surface area contributed by atoms with Crippen LogP contribution in [0.15, 0.2) is 42.5 Å². The van der Waals surface area contributed by atoms with Gasteiger partial charge in [0.05, 0.1) is 5.02 Å². The Morgan fingerprint density at radius 3 is 2.59 bits per heavy atom. The summed E-state index contributed by atoms with van der Waals surface area (Å²) in [5, 5.41) is 12.3. The summed E-state index contributed by atoms with van der Waals surface area (Å²) >= 11 is 5.96. The fraction of sp³-hybridized carbons (Fsp3) is 0.294. The molecule has 0 bridgehead atoms. The fourth-order valence-corrected chi connectivity index (χ4v) is 2.18. The van der Waals surface area contributed by atoms with Crippen molar-refractivity contribution in [1.82, 2.24) is 5.32 Å². The summed E-state index contributed by atoms with van der Waals surface area (Å²) in [6, 6.07) is 12.2. The van der Waals surface area contributed by atoms with Crippen molar-refractivity contribution in [3.8, 4) is 5.75 Å². The van der Waals surface area contributed by atoms with Gasteiger partial charge in [0.25, 0.3) is 0 Å². The summed E-state index contributed by atoms with van der Waals surface area (Å²) in [4.78, 5) is 0. The molecule has 0 spiro atoms. The predicted octanol–water partition coefficient (Wildman–Crippen LogP) is 3.53. The van der Waals surface area contributed by atoms with Gasteiger partial charge in [0.2, 0.25) is 0 Å². The quantitative estimate of drug-likeness (QED) is 0.730. The monoisotopic (exact) mass is 323 g/mol. The van der Waals surface area contributed by atoms with Crippen molar-refractivity contribution in [2.24, 2.45) is 0 Å². The number of hydrogen-bond acceptors (Lipinski definition) is 3. The van der Waals surface area contributed by atoms with Gasteiger partial charge in [-0.05, 0) is 42.8 Å². The van der Waals surface area contributed by atoms with Crippen molar-refractivity contribution < 1.29 is 14.2 Å². The van der Waals surface area contributed by atoms with Gasteiger partial charge in [0, 0.05) is 18.7 Å². The summed E-state index contributed by atoms with van der Waals surface area (Å²) in [5.41, 5.74) is 1.48. The van der Waals surface area contributed by atoms with Crippen LogP contribution in [0.3, 0.4) is 0 Å². The molecular weight excluding hydrogens is 305 g/mol. The Bertz CT molecular complexity index is 569. The molecule has 3 nitrogen and oxygen atoms in total. The largest absolute Gasteiger partial charge is 0.489 e. The van der Waals surface area contributed by atoms with Crippen molar-refractivity contribution in [1.29, 1.82) is 0 Å². The van der Waals surface area contributed by atoms with Gasteiger partial charge >= 0.3 is 0 Å². The molecule has 118 valence electrons. The van der Waals surface area contributed by atoms with Crippen molar-refractivity contribution in [3.63, 3.8) is 0 Å². The van der Waals surface area contributed by atoms with E-state index >= 15 is 0 Å². The molecule has 2 N–H and O–H groups in total. The van der Waals surface area contributed by atoms with Crippen LogP contribution in [-0.2, 0) is 13.2 Å². The predicted molar refractivity (Wildman–Crippen MR) is 85.6 cm³/mol. The zero-order chi connectivity index (χ0) is 15.8. The van der Waals surface area contributed by atoms with Crippen molar-refractivity contribution in [2.75, 3.05) is 13.2 Å². The summed E-state index contributed by atoms with van der Waals surface area (Å²) < 4.78 is 19.2. The number of ether oxygens (including phenoxy) is 1. The SMILES string of the molecule is OCCCNCc1ccc(OCc2c(F)cccc2Cl)cc1. The second-order valence-electron chi connectivity index (χ2n) is 4.89. The number of rotatable bonds is 8. The molecule has 0 amide bonds. The average molecular weight is 324 g/mol. The molecule has 2 aromatic carbocycles. The number of nitrogens with one attached hydrogen (secondary N) is 1. The summed E-state index contributed by atoms with van der Waals surface area (Å²) in [6.07, 6.45) is 0.741. The van der Waals surface area contributed by atoms with E-state index < -0.39 is 0 Å². The first-order valence-electron chi connectivity index (χ1n) is 7.17. The number of hydrogen-bond donors (Lipinski definition) is 2. The van der Waals surface area contributed by atoms with Crippen LogP contribution in [0.5, 0.6) is 5.75 Å². The van der Waals surface area contributed by atoms with E-state index in [0.29, 0.717) is 16.3 Å². The molecule has 0 aliphatic heterocycles. The van der Waals surface area contributed by atoms with Gasteiger partial charge in [-0.25, -0.2) is 4.39 Å². The van der Waals surface area contributed by atoms with Gasteiger partial charge in [-0.2, -0.15) is 0 Å². The highest BCUT2D eigenvalue weighted by Crippen LogP contribution is 2.21. The van der Waals surface area contributed by atoms with Crippen LogP contribution in [0.1, 0.15) is 17.5 Å². The van der Waals surface area contributed by atoms with Crippen molar-refractivity contribution >= 4 is 11.6 Å². The third-order valence-electron chi connectivity index (χ3n) is 3.21. The molecule has 0 atom stereocenters. The van der Waals surface area contributed by atoms with E-state index in [-0.39, 0.29) is 19.0 Å². The standard InChI is InChI=1S/C17H19ClFNO2/c18-16-3-1-4-17(19)15(16)12-22-14-7-5-13(6-8-14)11-20-9-2-10-21/h1,3-8,20-21H,2,9-12H2. The Hall–Kier alpha value is -1.62. The van der Waals surface area contributed by atoms with E-state index in [1.165, 1.54) is 6.07 Å². The molecule has 22 heavy (non-hydrogen) atoms. The topological polar surface area (TPSA) is 41.5 Å². The Morgan fingerprint density at radius 1 is 1.14 bits per heavy atom. The van der Waals surface area contributed by atoms with Gasteiger partial charge in [-0.15, -0.1) is 0 Å². The molecule has 2 aromatic rings. The van der Waals surface area contributed by atoms with Gasteiger partial charge < -0.3 is 15.2 Å². The molecule has 2 rings (SSSR count). The minimum absolute atomic E-state index is 0.0968. The number of benzene rings is 2. The zero-order valence-corrected chi connectivity index (χ0v) is 12.9. The molecule has 0 saturated heterocycles. The first-order valence-corrected chi connectivity index (χ1v) is 7.54. The Labute approximate surface area is 134 Å². The molecule has 0 fully saturated rings. The maximum Gasteiger partial charge on any atom is 0.131 e. The van der Waals surface area contributed by atoms with Crippen LogP contribution in [0, 0.1) is 5.82 Å². The lowest BCUT2D eigenvalue weighted by Crippen LogP contribution is -2.15. The second-order valence-corrected chi connectivity index (χ2v) is 5.29. The average Bonchev–Trinajstić information content (AvgIpc) is 2.52. The maximum atomic E-state index is 13.6. The first-order chi connectivity index (χ1) is 10.7. The maximum absolute atomic E-state index is 13.6. The van der Waals surface area contributed by atoms with Crippen LogP contribution in [0.4, 0.5) is 4.39 Å². The minimum atomic E-state index is -0.364. The molecule has 0 saturated carbocycles. The number of halogens is 2. The van der Waals surface area contributed by atoms with E-state index in [2.05, 4.69) is 5.32 Å². The lowest BCUT2D eigenvalue weighted by atomic mass is 10.2. The van der Waals surface area contributed by atoms with Gasteiger partial charge in [0.15, 0.2) is 0 Å². The van der Waals surface area contributed by atoms with E-state index in [9.17, 15) is 4.39 Å². The van der Waals surface area contributed by atoms with Crippen LogP contribution in [0.25, 0.3) is 0 Å². The summed E-state index contributed by atoms with van der Waals surface area (Å²) in [5.74, 6) is 0.302. The highest BCUT2D eigenvalue weighted by atomic mass is 35.5. The van der Waals surface area contributed by atoms with Gasteiger partial charge in [-0.1, -0.05) is 29.8 Å². The first kappa shape index (κ1) is 16.7. The second kappa shape index (κ2) is 8.73. The molecule has 0 aliphatic rings. The van der Waals surface area contributed by atoms with E-state index in [1.54, 1.807) is 12.1 Å². The third-order valence-corrected chi connectivity index (χ3v) is 3.56. The van der Waals surface area contributed by atoms with Gasteiger partial charge in [-0.3, -0.25) is 0 Å².